The number of amides is 1. The Morgan fingerprint density at radius 3 is 2.72 bits per heavy atom. The number of nitrogens with zero attached hydrogens (tertiary/aromatic N) is 1. The van der Waals surface area contributed by atoms with E-state index in [0.29, 0.717) is 34.2 Å². The molecule has 0 aromatic carbocycles. The maximum atomic E-state index is 12.9. The number of carbonyl (C=O) groups is 2. The van der Waals surface area contributed by atoms with Gasteiger partial charge in [-0.3, -0.25) is 9.59 Å². The van der Waals surface area contributed by atoms with Crippen molar-refractivity contribution >= 4 is 28.2 Å². The maximum Gasteiger partial charge on any atom is 0.417 e. The average Bonchev–Trinajstić information content (AvgIpc) is 2.98. The summed E-state index contributed by atoms with van der Waals surface area (Å²) in [5.74, 6) is -0.842. The second-order valence-corrected chi connectivity index (χ2v) is 8.08. The SMILES string of the molecule is COC(=O)c1c(NC(=O)Cn2cc(C(F)(F)F)ccc2=O)sc2c1CCC(C)C2. The monoisotopic (exact) mass is 428 g/mol. The minimum atomic E-state index is -4.63. The largest absolute Gasteiger partial charge is 0.465 e. The molecule has 1 atom stereocenters. The number of halogens is 3. The molecular formula is C19H19F3N2O4S. The van der Waals surface area contributed by atoms with Gasteiger partial charge in [0.2, 0.25) is 5.91 Å². The minimum Gasteiger partial charge on any atom is -0.465 e. The fourth-order valence-corrected chi connectivity index (χ4v) is 4.72. The summed E-state index contributed by atoms with van der Waals surface area (Å²) < 4.78 is 44.1. The number of esters is 1. The zero-order valence-electron chi connectivity index (χ0n) is 15.8. The lowest BCUT2D eigenvalue weighted by molar-refractivity contribution is -0.138. The second-order valence-electron chi connectivity index (χ2n) is 6.98. The van der Waals surface area contributed by atoms with Gasteiger partial charge in [0.1, 0.15) is 11.5 Å². The topological polar surface area (TPSA) is 77.4 Å². The number of methoxy groups -OCH3 is 1. The predicted octanol–water partition coefficient (Wildman–Crippen LogP) is 3.48. The third-order valence-electron chi connectivity index (χ3n) is 4.78. The number of hydrogen-bond acceptors (Lipinski definition) is 5. The lowest BCUT2D eigenvalue weighted by Crippen LogP contribution is -2.28. The van der Waals surface area contributed by atoms with Crippen LogP contribution in [0, 0.1) is 5.92 Å². The molecule has 0 fully saturated rings. The average molecular weight is 428 g/mol. The first kappa shape index (κ1) is 21.1. The molecule has 0 aliphatic heterocycles. The molecule has 1 aliphatic rings. The van der Waals surface area contributed by atoms with Crippen LogP contribution in [-0.2, 0) is 35.1 Å². The van der Waals surface area contributed by atoms with E-state index in [1.807, 2.05) is 0 Å². The van der Waals surface area contributed by atoms with Gasteiger partial charge >= 0.3 is 12.1 Å². The van der Waals surface area contributed by atoms with E-state index in [0.717, 1.165) is 29.3 Å². The third kappa shape index (κ3) is 4.52. The molecule has 0 bridgehead atoms. The number of nitrogens with one attached hydrogen (secondary N) is 1. The lowest BCUT2D eigenvalue weighted by Gasteiger charge is -2.18. The van der Waals surface area contributed by atoms with Crippen LogP contribution in [0.3, 0.4) is 0 Å². The Hall–Kier alpha value is -2.62. The standard InChI is InChI=1S/C19H19F3N2O4S/c1-10-3-5-12-13(7-10)29-17(16(12)18(27)28-2)23-14(25)9-24-8-11(19(20,21)22)4-6-15(24)26/h4,6,8,10H,3,5,7,9H2,1-2H3,(H,23,25). The first-order valence-corrected chi connectivity index (χ1v) is 9.72. The number of anilines is 1. The van der Waals surface area contributed by atoms with Crippen LogP contribution in [0.5, 0.6) is 0 Å². The molecule has 0 radical (unpaired) electrons. The van der Waals surface area contributed by atoms with Crippen molar-refractivity contribution in [2.75, 3.05) is 12.4 Å². The van der Waals surface area contributed by atoms with Gasteiger partial charge < -0.3 is 14.6 Å². The van der Waals surface area contributed by atoms with Crippen LogP contribution in [0.25, 0.3) is 0 Å². The zero-order valence-corrected chi connectivity index (χ0v) is 16.6. The highest BCUT2D eigenvalue weighted by Gasteiger charge is 2.32. The van der Waals surface area contributed by atoms with Crippen molar-refractivity contribution < 1.29 is 27.5 Å². The smallest absolute Gasteiger partial charge is 0.417 e. The highest BCUT2D eigenvalue weighted by molar-refractivity contribution is 7.17. The minimum absolute atomic E-state index is 0.282. The van der Waals surface area contributed by atoms with Crippen molar-refractivity contribution in [3.63, 3.8) is 0 Å². The van der Waals surface area contributed by atoms with E-state index >= 15 is 0 Å². The van der Waals surface area contributed by atoms with Crippen LogP contribution in [0.1, 0.15) is 39.7 Å². The van der Waals surface area contributed by atoms with Crippen LogP contribution in [-0.4, -0.2) is 23.6 Å². The van der Waals surface area contributed by atoms with E-state index < -0.39 is 35.7 Å². The molecule has 0 saturated heterocycles. The highest BCUT2D eigenvalue weighted by atomic mass is 32.1. The van der Waals surface area contributed by atoms with Gasteiger partial charge in [-0.05, 0) is 36.8 Å². The van der Waals surface area contributed by atoms with Crippen molar-refractivity contribution in [1.82, 2.24) is 4.57 Å². The van der Waals surface area contributed by atoms with Gasteiger partial charge in [0, 0.05) is 17.1 Å². The highest BCUT2D eigenvalue weighted by Crippen LogP contribution is 2.40. The molecule has 1 N–H and O–H groups in total. The Labute approximate surface area is 168 Å². The number of fused-ring (bicyclic) bond motifs is 1. The summed E-state index contributed by atoms with van der Waals surface area (Å²) in [5, 5.41) is 2.86. The van der Waals surface area contributed by atoms with Crippen molar-refractivity contribution in [2.45, 2.75) is 38.9 Å². The fourth-order valence-electron chi connectivity index (χ4n) is 3.30. The van der Waals surface area contributed by atoms with Crippen molar-refractivity contribution in [1.29, 1.82) is 0 Å². The number of pyridine rings is 1. The normalized spacial score (nSPS) is 16.2. The molecule has 2 aromatic rings. The molecule has 2 heterocycles. The second kappa shape index (κ2) is 8.02. The number of hydrogen-bond donors (Lipinski definition) is 1. The van der Waals surface area contributed by atoms with Gasteiger partial charge in [0.25, 0.3) is 5.56 Å². The number of ether oxygens (including phenoxy) is 1. The van der Waals surface area contributed by atoms with E-state index in [-0.39, 0.29) is 5.56 Å². The van der Waals surface area contributed by atoms with Crippen molar-refractivity contribution in [3.8, 4) is 0 Å². The first-order valence-electron chi connectivity index (χ1n) is 8.90. The Morgan fingerprint density at radius 1 is 1.34 bits per heavy atom. The van der Waals surface area contributed by atoms with Gasteiger partial charge in [0.05, 0.1) is 18.2 Å². The van der Waals surface area contributed by atoms with Gasteiger partial charge in [-0.15, -0.1) is 11.3 Å². The molecule has 6 nitrogen and oxygen atoms in total. The lowest BCUT2D eigenvalue weighted by atomic mass is 9.88. The molecule has 3 rings (SSSR count). The summed E-state index contributed by atoms with van der Waals surface area (Å²) in [5.41, 5.74) is -0.642. The van der Waals surface area contributed by atoms with E-state index in [4.69, 9.17) is 4.74 Å². The number of rotatable bonds is 4. The predicted molar refractivity (Wildman–Crippen MR) is 101 cm³/mol. The van der Waals surface area contributed by atoms with Crippen LogP contribution in [0.4, 0.5) is 18.2 Å². The summed E-state index contributed by atoms with van der Waals surface area (Å²) in [6.07, 6.45) is -1.67. The van der Waals surface area contributed by atoms with E-state index in [1.165, 1.54) is 18.4 Å². The van der Waals surface area contributed by atoms with Gasteiger partial charge in [-0.1, -0.05) is 6.92 Å². The van der Waals surface area contributed by atoms with Crippen LogP contribution in [0.15, 0.2) is 23.1 Å². The van der Waals surface area contributed by atoms with E-state index in [1.54, 1.807) is 0 Å². The molecule has 10 heteroatoms. The molecule has 0 spiro atoms. The number of alkyl halides is 3. The molecule has 1 unspecified atom stereocenters. The first-order chi connectivity index (χ1) is 13.6. The third-order valence-corrected chi connectivity index (χ3v) is 5.95. The molecule has 0 saturated carbocycles. The zero-order chi connectivity index (χ0) is 21.3. The molecular weight excluding hydrogens is 409 g/mol. The van der Waals surface area contributed by atoms with Crippen molar-refractivity contribution in [3.05, 3.63) is 50.3 Å². The number of aromatic nitrogens is 1. The molecule has 29 heavy (non-hydrogen) atoms. The van der Waals surface area contributed by atoms with Crippen LogP contribution < -0.4 is 10.9 Å². The Balaban J connectivity index is 1.87. The summed E-state index contributed by atoms with van der Waals surface area (Å²) >= 11 is 1.26. The van der Waals surface area contributed by atoms with Gasteiger partial charge in [-0.25, -0.2) is 4.79 Å². The maximum absolute atomic E-state index is 12.9. The Bertz CT molecular complexity index is 1010. The Morgan fingerprint density at radius 2 is 2.07 bits per heavy atom. The van der Waals surface area contributed by atoms with Crippen LogP contribution >= 0.6 is 11.3 Å². The van der Waals surface area contributed by atoms with Crippen LogP contribution in [0.2, 0.25) is 0 Å². The number of thiophene rings is 1. The Kier molecular flexibility index (Phi) is 5.83. The summed E-state index contributed by atoms with van der Waals surface area (Å²) in [4.78, 5) is 37.5. The fraction of sp³-hybridized carbons (Fsp3) is 0.421. The van der Waals surface area contributed by atoms with Crippen molar-refractivity contribution in [2.24, 2.45) is 5.92 Å². The molecule has 1 amide bonds. The van der Waals surface area contributed by atoms with E-state index in [2.05, 4.69) is 12.2 Å². The van der Waals surface area contributed by atoms with E-state index in [9.17, 15) is 27.6 Å². The summed E-state index contributed by atoms with van der Waals surface area (Å²) in [6.45, 7) is 1.49. The molecule has 2 aromatic heterocycles. The number of carbonyl (C=O) groups excluding carboxylic acids is 2. The molecule has 1 aliphatic carbocycles. The summed E-state index contributed by atoms with van der Waals surface area (Å²) in [6, 6.07) is 1.43. The molecule has 156 valence electrons. The van der Waals surface area contributed by atoms with Gasteiger partial charge in [-0.2, -0.15) is 13.2 Å². The van der Waals surface area contributed by atoms with Gasteiger partial charge in [0.15, 0.2) is 0 Å². The quantitative estimate of drug-likeness (QED) is 0.757. The summed E-state index contributed by atoms with van der Waals surface area (Å²) in [7, 11) is 1.24.